The average Bonchev–Trinajstić information content (AvgIpc) is 3.30. The van der Waals surface area contributed by atoms with Gasteiger partial charge in [0.15, 0.2) is 0 Å². The molecule has 1 saturated carbocycles. The Kier molecular flexibility index (Phi) is 8.65. The second-order valence-electron chi connectivity index (χ2n) is 7.87. The summed E-state index contributed by atoms with van der Waals surface area (Å²) < 4.78 is 0. The number of aromatic nitrogens is 1. The van der Waals surface area contributed by atoms with Crippen molar-refractivity contribution < 1.29 is 9.59 Å². The quantitative estimate of drug-likeness (QED) is 0.731. The van der Waals surface area contributed by atoms with Gasteiger partial charge in [0.25, 0.3) is 5.91 Å². The lowest BCUT2D eigenvalue weighted by Gasteiger charge is -2.25. The molecule has 30 heavy (non-hydrogen) atoms. The lowest BCUT2D eigenvalue weighted by atomic mass is 9.98. The molecular weight excluding hydrogens is 423 g/mol. The van der Waals surface area contributed by atoms with E-state index in [9.17, 15) is 9.59 Å². The molecular formula is C22H28Cl2N4O2. The number of nitrogens with one attached hydrogen (secondary N) is 1. The van der Waals surface area contributed by atoms with E-state index in [0.717, 1.165) is 24.9 Å². The Labute approximate surface area is 189 Å². The van der Waals surface area contributed by atoms with Gasteiger partial charge >= 0.3 is 0 Å². The van der Waals surface area contributed by atoms with Crippen molar-refractivity contribution >= 4 is 36.6 Å². The number of carbonyl (C=O) groups excluding carboxylic acids is 2. The van der Waals surface area contributed by atoms with Crippen LogP contribution < -0.4 is 11.1 Å². The van der Waals surface area contributed by atoms with Crippen LogP contribution >= 0.6 is 24.8 Å². The molecule has 1 aromatic carbocycles. The Morgan fingerprint density at radius 2 is 1.87 bits per heavy atom. The molecule has 1 saturated heterocycles. The second-order valence-corrected chi connectivity index (χ2v) is 7.87. The molecule has 2 heterocycles. The zero-order chi connectivity index (χ0) is 19.5. The monoisotopic (exact) mass is 450 g/mol. The molecule has 162 valence electrons. The number of benzene rings is 1. The first kappa shape index (κ1) is 24.1. The van der Waals surface area contributed by atoms with Crippen molar-refractivity contribution in [2.24, 2.45) is 17.6 Å². The van der Waals surface area contributed by atoms with Gasteiger partial charge in [0, 0.05) is 37.9 Å². The minimum Gasteiger partial charge on any atom is -0.340 e. The van der Waals surface area contributed by atoms with Gasteiger partial charge in [-0.3, -0.25) is 14.6 Å². The first-order chi connectivity index (χ1) is 13.6. The van der Waals surface area contributed by atoms with Gasteiger partial charge < -0.3 is 16.0 Å². The van der Waals surface area contributed by atoms with E-state index in [-0.39, 0.29) is 42.7 Å². The van der Waals surface area contributed by atoms with E-state index in [4.69, 9.17) is 5.73 Å². The van der Waals surface area contributed by atoms with Gasteiger partial charge in [0.1, 0.15) is 6.04 Å². The maximum Gasteiger partial charge on any atom is 0.253 e. The average molecular weight is 451 g/mol. The minimum absolute atomic E-state index is 0. The highest BCUT2D eigenvalue weighted by molar-refractivity contribution is 5.97. The molecule has 1 aliphatic carbocycles. The molecule has 6 nitrogen and oxygen atoms in total. The van der Waals surface area contributed by atoms with Crippen molar-refractivity contribution in [2.45, 2.75) is 31.3 Å². The number of nitrogens with zero attached hydrogens (tertiary/aromatic N) is 2. The highest BCUT2D eigenvalue weighted by Crippen LogP contribution is 2.37. The highest BCUT2D eigenvalue weighted by atomic mass is 35.5. The smallest absolute Gasteiger partial charge is 0.253 e. The largest absolute Gasteiger partial charge is 0.340 e. The highest BCUT2D eigenvalue weighted by Gasteiger charge is 2.43. The van der Waals surface area contributed by atoms with E-state index >= 15 is 0 Å². The molecule has 0 radical (unpaired) electrons. The van der Waals surface area contributed by atoms with E-state index in [1.165, 1.54) is 6.20 Å². The van der Waals surface area contributed by atoms with E-state index in [2.05, 4.69) is 10.3 Å². The molecule has 4 atom stereocenters. The van der Waals surface area contributed by atoms with E-state index in [1.807, 2.05) is 35.2 Å². The van der Waals surface area contributed by atoms with Crippen molar-refractivity contribution in [1.82, 2.24) is 15.2 Å². The summed E-state index contributed by atoms with van der Waals surface area (Å²) in [5, 5.41) is 2.93. The minimum atomic E-state index is -0.606. The number of likely N-dealkylation sites (tertiary alicyclic amines) is 1. The summed E-state index contributed by atoms with van der Waals surface area (Å²) in [5.74, 6) is 0.571. The Morgan fingerprint density at radius 3 is 2.53 bits per heavy atom. The first-order valence-corrected chi connectivity index (χ1v) is 9.91. The Hall–Kier alpha value is -2.15. The third-order valence-corrected chi connectivity index (χ3v) is 6.03. The van der Waals surface area contributed by atoms with Crippen molar-refractivity contribution in [2.75, 3.05) is 13.1 Å². The van der Waals surface area contributed by atoms with Crippen LogP contribution in [-0.4, -0.2) is 46.9 Å². The summed E-state index contributed by atoms with van der Waals surface area (Å²) in [4.78, 5) is 31.9. The number of pyridine rings is 1. The molecule has 0 spiro atoms. The lowest BCUT2D eigenvalue weighted by Crippen LogP contribution is -2.49. The topological polar surface area (TPSA) is 88.3 Å². The summed E-state index contributed by atoms with van der Waals surface area (Å²) in [7, 11) is 0. The Morgan fingerprint density at radius 1 is 1.10 bits per heavy atom. The number of hydrogen-bond donors (Lipinski definition) is 2. The number of amides is 2. The van der Waals surface area contributed by atoms with Crippen LogP contribution in [0.25, 0.3) is 0 Å². The van der Waals surface area contributed by atoms with Crippen LogP contribution in [0.2, 0.25) is 0 Å². The normalized spacial score (nSPS) is 23.0. The van der Waals surface area contributed by atoms with Gasteiger partial charge in [-0.25, -0.2) is 0 Å². The van der Waals surface area contributed by atoms with Crippen molar-refractivity contribution in [1.29, 1.82) is 0 Å². The zero-order valence-electron chi connectivity index (χ0n) is 16.6. The zero-order valence-corrected chi connectivity index (χ0v) is 18.3. The first-order valence-electron chi connectivity index (χ1n) is 9.91. The fourth-order valence-corrected chi connectivity index (χ4v) is 4.50. The molecule has 2 aromatic rings. The fraction of sp³-hybridized carbons (Fsp3) is 0.409. The van der Waals surface area contributed by atoms with E-state index < -0.39 is 6.04 Å². The number of hydrogen-bond acceptors (Lipinski definition) is 4. The molecule has 2 amide bonds. The van der Waals surface area contributed by atoms with Gasteiger partial charge in [-0.15, -0.1) is 24.8 Å². The van der Waals surface area contributed by atoms with Crippen LogP contribution in [0.1, 0.15) is 28.8 Å². The van der Waals surface area contributed by atoms with Crippen molar-refractivity contribution in [3.05, 3.63) is 66.0 Å². The van der Waals surface area contributed by atoms with Crippen molar-refractivity contribution in [3.8, 4) is 0 Å². The molecule has 4 unspecified atom stereocenters. The molecule has 3 N–H and O–H groups in total. The van der Waals surface area contributed by atoms with Crippen LogP contribution in [0.3, 0.4) is 0 Å². The molecule has 2 aliphatic rings. The number of fused-ring (bicyclic) bond motifs is 1. The van der Waals surface area contributed by atoms with Gasteiger partial charge in [-0.05, 0) is 42.4 Å². The van der Waals surface area contributed by atoms with E-state index in [0.29, 0.717) is 30.4 Å². The summed E-state index contributed by atoms with van der Waals surface area (Å²) in [5.41, 5.74) is 7.69. The van der Waals surface area contributed by atoms with Gasteiger partial charge in [-0.2, -0.15) is 0 Å². The third-order valence-electron chi connectivity index (χ3n) is 6.03. The predicted octanol–water partition coefficient (Wildman–Crippen LogP) is 2.46. The van der Waals surface area contributed by atoms with Gasteiger partial charge in [-0.1, -0.05) is 30.3 Å². The van der Waals surface area contributed by atoms with E-state index in [1.54, 1.807) is 18.3 Å². The molecule has 1 aromatic heterocycles. The molecule has 0 bridgehead atoms. The number of rotatable bonds is 5. The second kappa shape index (κ2) is 10.8. The summed E-state index contributed by atoms with van der Waals surface area (Å²) >= 11 is 0. The fourth-order valence-electron chi connectivity index (χ4n) is 4.50. The molecule has 8 heteroatoms. The predicted molar refractivity (Wildman–Crippen MR) is 121 cm³/mol. The maximum absolute atomic E-state index is 13.3. The number of nitrogens with two attached hydrogens (primary N) is 1. The summed E-state index contributed by atoms with van der Waals surface area (Å²) in [6.45, 7) is 1.43. The van der Waals surface area contributed by atoms with Crippen molar-refractivity contribution in [3.63, 3.8) is 0 Å². The standard InChI is InChI=1S/C22H26N4O2.2ClH/c23-19-9-8-17-13-26(14-18(17)19)22(28)20(11-15-5-2-1-3-6-15)25-21(27)16-7-4-10-24-12-16;;/h1-7,10,12,17-20H,8-9,11,13-14,23H2,(H,25,27);2*1H. The van der Waals surface area contributed by atoms with Crippen LogP contribution in [-0.2, 0) is 11.2 Å². The van der Waals surface area contributed by atoms with Crippen LogP contribution in [0.5, 0.6) is 0 Å². The molecule has 4 rings (SSSR count). The van der Waals surface area contributed by atoms with Gasteiger partial charge in [0.2, 0.25) is 5.91 Å². The molecule has 1 aliphatic heterocycles. The van der Waals surface area contributed by atoms with Crippen LogP contribution in [0.4, 0.5) is 0 Å². The van der Waals surface area contributed by atoms with Gasteiger partial charge in [0.05, 0.1) is 5.56 Å². The SMILES string of the molecule is Cl.Cl.NC1CCC2CN(C(=O)C(Cc3ccccc3)NC(=O)c3cccnc3)CC12. The summed E-state index contributed by atoms with van der Waals surface area (Å²) in [6.07, 6.45) is 5.72. The Balaban J connectivity index is 0.00000160. The lowest BCUT2D eigenvalue weighted by molar-refractivity contribution is -0.132. The molecule has 2 fully saturated rings. The third kappa shape index (κ3) is 5.31. The van der Waals surface area contributed by atoms with Crippen LogP contribution in [0.15, 0.2) is 54.9 Å². The number of carbonyl (C=O) groups is 2. The maximum atomic E-state index is 13.3. The van der Waals surface area contributed by atoms with Crippen LogP contribution in [0, 0.1) is 11.8 Å². The Bertz CT molecular complexity index is 838. The number of halogens is 2. The summed E-state index contributed by atoms with van der Waals surface area (Å²) in [6, 6.07) is 12.8.